The van der Waals surface area contributed by atoms with Crippen LogP contribution in [0.3, 0.4) is 0 Å². The maximum atomic E-state index is 11.0. The third-order valence-electron chi connectivity index (χ3n) is 5.85. The molecule has 4 heteroatoms. The fourth-order valence-electron chi connectivity index (χ4n) is 4.40. The van der Waals surface area contributed by atoms with Gasteiger partial charge in [0, 0.05) is 13.0 Å². The van der Waals surface area contributed by atoms with E-state index in [1.807, 2.05) is 11.6 Å². The first-order chi connectivity index (χ1) is 9.97. The first kappa shape index (κ1) is 15.4. The summed E-state index contributed by atoms with van der Waals surface area (Å²) in [6, 6.07) is 0. The first-order valence-corrected chi connectivity index (χ1v) is 8.79. The van der Waals surface area contributed by atoms with E-state index >= 15 is 0 Å². The highest BCUT2D eigenvalue weighted by molar-refractivity contribution is 6.31. The Morgan fingerprint density at radius 3 is 2.33 bits per heavy atom. The van der Waals surface area contributed by atoms with Crippen LogP contribution in [0.15, 0.2) is 0 Å². The average Bonchev–Trinajstić information content (AvgIpc) is 3.03. The molecule has 3 nitrogen and oxygen atoms in total. The highest BCUT2D eigenvalue weighted by atomic mass is 35.5. The van der Waals surface area contributed by atoms with Gasteiger partial charge in [-0.1, -0.05) is 24.4 Å². The van der Waals surface area contributed by atoms with Crippen molar-refractivity contribution in [3.8, 4) is 0 Å². The van der Waals surface area contributed by atoms with E-state index in [0.717, 1.165) is 35.8 Å². The topological polar surface area (TPSA) is 38.0 Å². The Labute approximate surface area is 132 Å². The highest BCUT2D eigenvalue weighted by Gasteiger charge is 2.43. The van der Waals surface area contributed by atoms with E-state index in [1.165, 1.54) is 38.5 Å². The molecule has 0 atom stereocenters. The minimum atomic E-state index is -0.586. The summed E-state index contributed by atoms with van der Waals surface area (Å²) in [4.78, 5) is 0. The SMILES string of the molecule is CCn1nc(C)c(Cl)c1CC1(O)CCC2(CCCC2)CC1. The molecule has 0 aromatic carbocycles. The highest BCUT2D eigenvalue weighted by Crippen LogP contribution is 2.51. The van der Waals surface area contributed by atoms with E-state index in [-0.39, 0.29) is 0 Å². The lowest BCUT2D eigenvalue weighted by Crippen LogP contribution is -2.40. The zero-order valence-electron chi connectivity index (χ0n) is 13.3. The molecule has 1 aromatic rings. The van der Waals surface area contributed by atoms with Crippen LogP contribution in [0.1, 0.15) is 69.7 Å². The second-order valence-corrected chi connectivity index (χ2v) is 7.65. The third-order valence-corrected chi connectivity index (χ3v) is 6.35. The molecule has 1 spiro atoms. The minimum absolute atomic E-state index is 0.553. The van der Waals surface area contributed by atoms with Crippen molar-refractivity contribution in [2.24, 2.45) is 5.41 Å². The first-order valence-electron chi connectivity index (χ1n) is 8.41. The molecule has 0 bridgehead atoms. The number of aryl methyl sites for hydroxylation is 2. The molecule has 1 N–H and O–H groups in total. The quantitative estimate of drug-likeness (QED) is 0.905. The number of rotatable bonds is 3. The monoisotopic (exact) mass is 310 g/mol. The number of nitrogens with zero attached hydrogens (tertiary/aromatic N) is 2. The lowest BCUT2D eigenvalue weighted by Gasteiger charge is -2.42. The zero-order chi connectivity index (χ0) is 15.1. The van der Waals surface area contributed by atoms with Crippen LogP contribution in [0, 0.1) is 12.3 Å². The number of hydrogen-bond acceptors (Lipinski definition) is 2. The van der Waals surface area contributed by atoms with Crippen molar-refractivity contribution in [1.82, 2.24) is 9.78 Å². The van der Waals surface area contributed by atoms with Gasteiger partial charge in [-0.2, -0.15) is 5.10 Å². The van der Waals surface area contributed by atoms with Gasteiger partial charge in [0.15, 0.2) is 0 Å². The predicted octanol–water partition coefficient (Wildman–Crippen LogP) is 4.27. The molecule has 0 saturated heterocycles. The van der Waals surface area contributed by atoms with Gasteiger partial charge in [0.05, 0.1) is 22.0 Å². The van der Waals surface area contributed by atoms with Gasteiger partial charge < -0.3 is 5.11 Å². The molecular formula is C17H27ClN2O. The Morgan fingerprint density at radius 2 is 1.76 bits per heavy atom. The summed E-state index contributed by atoms with van der Waals surface area (Å²) in [5.74, 6) is 0. The summed E-state index contributed by atoms with van der Waals surface area (Å²) >= 11 is 6.40. The molecule has 2 aliphatic rings. The largest absolute Gasteiger partial charge is 0.389 e. The van der Waals surface area contributed by atoms with Crippen molar-refractivity contribution in [2.45, 2.75) is 83.8 Å². The van der Waals surface area contributed by atoms with Gasteiger partial charge in [-0.05, 0) is 57.8 Å². The Kier molecular flexibility index (Phi) is 4.08. The van der Waals surface area contributed by atoms with Crippen LogP contribution in [0.25, 0.3) is 0 Å². The molecule has 2 aliphatic carbocycles. The van der Waals surface area contributed by atoms with Crippen molar-refractivity contribution in [2.75, 3.05) is 0 Å². The van der Waals surface area contributed by atoms with Crippen molar-refractivity contribution in [3.05, 3.63) is 16.4 Å². The van der Waals surface area contributed by atoms with Crippen molar-refractivity contribution >= 4 is 11.6 Å². The van der Waals surface area contributed by atoms with Gasteiger partial charge in [-0.25, -0.2) is 0 Å². The molecule has 21 heavy (non-hydrogen) atoms. The maximum Gasteiger partial charge on any atom is 0.0848 e. The Hall–Kier alpha value is -0.540. The summed E-state index contributed by atoms with van der Waals surface area (Å²) in [7, 11) is 0. The number of aromatic nitrogens is 2. The van der Waals surface area contributed by atoms with Crippen molar-refractivity contribution < 1.29 is 5.11 Å². The van der Waals surface area contributed by atoms with Gasteiger partial charge >= 0.3 is 0 Å². The van der Waals surface area contributed by atoms with E-state index in [1.54, 1.807) is 0 Å². The Bertz CT molecular complexity index is 507. The summed E-state index contributed by atoms with van der Waals surface area (Å²) in [6.07, 6.45) is 10.3. The molecule has 0 unspecified atom stereocenters. The van der Waals surface area contributed by atoms with E-state index in [9.17, 15) is 5.11 Å². The van der Waals surface area contributed by atoms with E-state index < -0.39 is 5.60 Å². The van der Waals surface area contributed by atoms with Crippen LogP contribution in [-0.4, -0.2) is 20.5 Å². The predicted molar refractivity (Wildman–Crippen MR) is 85.7 cm³/mol. The Morgan fingerprint density at radius 1 is 1.14 bits per heavy atom. The molecule has 1 heterocycles. The van der Waals surface area contributed by atoms with E-state index in [2.05, 4.69) is 12.0 Å². The van der Waals surface area contributed by atoms with Gasteiger partial charge in [0.1, 0.15) is 0 Å². The molecule has 2 saturated carbocycles. The second kappa shape index (κ2) is 5.58. The smallest absolute Gasteiger partial charge is 0.0848 e. The number of halogens is 1. The molecule has 1 aromatic heterocycles. The van der Waals surface area contributed by atoms with Crippen molar-refractivity contribution in [1.29, 1.82) is 0 Å². The number of hydrogen-bond donors (Lipinski definition) is 1. The van der Waals surface area contributed by atoms with Gasteiger partial charge in [-0.15, -0.1) is 0 Å². The lowest BCUT2D eigenvalue weighted by atomic mass is 9.66. The summed E-state index contributed by atoms with van der Waals surface area (Å²) < 4.78 is 1.95. The molecule has 0 radical (unpaired) electrons. The molecule has 118 valence electrons. The Balaban J connectivity index is 1.73. The van der Waals surface area contributed by atoms with E-state index in [0.29, 0.717) is 11.8 Å². The third kappa shape index (κ3) is 2.87. The van der Waals surface area contributed by atoms with Crippen LogP contribution in [0.5, 0.6) is 0 Å². The lowest BCUT2D eigenvalue weighted by molar-refractivity contribution is -0.0334. The summed E-state index contributed by atoms with van der Waals surface area (Å²) in [5, 5.41) is 16.2. The van der Waals surface area contributed by atoms with E-state index in [4.69, 9.17) is 11.6 Å². The van der Waals surface area contributed by atoms with Crippen LogP contribution in [0.4, 0.5) is 0 Å². The zero-order valence-corrected chi connectivity index (χ0v) is 14.0. The summed E-state index contributed by atoms with van der Waals surface area (Å²) in [6.45, 7) is 4.82. The fraction of sp³-hybridized carbons (Fsp3) is 0.824. The van der Waals surface area contributed by atoms with Gasteiger partial charge in [0.25, 0.3) is 0 Å². The maximum absolute atomic E-state index is 11.0. The molecule has 0 amide bonds. The molecule has 0 aliphatic heterocycles. The van der Waals surface area contributed by atoms with Gasteiger partial charge in [0.2, 0.25) is 0 Å². The molecule has 3 rings (SSSR count). The van der Waals surface area contributed by atoms with Crippen molar-refractivity contribution in [3.63, 3.8) is 0 Å². The van der Waals surface area contributed by atoms with Crippen LogP contribution in [0.2, 0.25) is 5.02 Å². The molecular weight excluding hydrogens is 284 g/mol. The summed E-state index contributed by atoms with van der Waals surface area (Å²) in [5.41, 5.74) is 1.86. The molecule has 2 fully saturated rings. The minimum Gasteiger partial charge on any atom is -0.389 e. The van der Waals surface area contributed by atoms with Crippen LogP contribution in [-0.2, 0) is 13.0 Å². The van der Waals surface area contributed by atoms with Crippen LogP contribution >= 0.6 is 11.6 Å². The van der Waals surface area contributed by atoms with Gasteiger partial charge in [-0.3, -0.25) is 4.68 Å². The number of aliphatic hydroxyl groups is 1. The normalized spacial score (nSPS) is 23.8. The standard InChI is InChI=1S/C17H27ClN2O/c1-3-20-14(15(18)13(2)19-20)12-17(21)10-8-16(9-11-17)6-4-5-7-16/h21H,3-12H2,1-2H3. The fourth-order valence-corrected chi connectivity index (χ4v) is 4.60. The van der Waals surface area contributed by atoms with Crippen LogP contribution < -0.4 is 0 Å². The average molecular weight is 311 g/mol. The second-order valence-electron chi connectivity index (χ2n) is 7.27.